The molecular formula is C43H26N4O. The van der Waals surface area contributed by atoms with E-state index in [-0.39, 0.29) is 0 Å². The highest BCUT2D eigenvalue weighted by molar-refractivity contribution is 6.22. The number of aromatic nitrogens is 4. The Morgan fingerprint density at radius 1 is 0.417 bits per heavy atom. The number of fused-ring (bicyclic) bond motifs is 10. The van der Waals surface area contributed by atoms with Crippen LogP contribution < -0.4 is 4.74 Å². The van der Waals surface area contributed by atoms with E-state index in [0.717, 1.165) is 66.7 Å². The van der Waals surface area contributed by atoms with Crippen molar-refractivity contribution >= 4 is 32.6 Å². The maximum atomic E-state index is 6.79. The van der Waals surface area contributed by atoms with E-state index in [9.17, 15) is 0 Å². The molecule has 2 aromatic heterocycles. The second kappa shape index (κ2) is 10.5. The number of rotatable bonds is 3. The van der Waals surface area contributed by atoms with Gasteiger partial charge in [0, 0.05) is 39.1 Å². The molecule has 0 N–H and O–H groups in total. The monoisotopic (exact) mass is 614 g/mol. The van der Waals surface area contributed by atoms with Crippen molar-refractivity contribution in [2.24, 2.45) is 0 Å². The fourth-order valence-corrected chi connectivity index (χ4v) is 7.07. The van der Waals surface area contributed by atoms with Crippen molar-refractivity contribution in [3.05, 3.63) is 158 Å². The third-order valence-electron chi connectivity index (χ3n) is 9.26. The van der Waals surface area contributed by atoms with Crippen molar-refractivity contribution in [3.8, 4) is 62.5 Å². The molecule has 1 aliphatic rings. The van der Waals surface area contributed by atoms with E-state index in [2.05, 4.69) is 89.5 Å². The summed E-state index contributed by atoms with van der Waals surface area (Å²) in [5.74, 6) is 3.39. The van der Waals surface area contributed by atoms with Crippen molar-refractivity contribution in [1.82, 2.24) is 19.5 Å². The molecule has 3 heterocycles. The minimum absolute atomic E-state index is 0.548. The van der Waals surface area contributed by atoms with Crippen LogP contribution in [0.25, 0.3) is 83.6 Å². The first kappa shape index (κ1) is 26.6. The molecule has 0 bridgehead atoms. The van der Waals surface area contributed by atoms with Gasteiger partial charge in [-0.2, -0.15) is 9.97 Å². The van der Waals surface area contributed by atoms with Gasteiger partial charge in [-0.05, 0) is 40.1 Å². The lowest BCUT2D eigenvalue weighted by atomic mass is 9.93. The smallest absolute Gasteiger partial charge is 0.238 e. The molecule has 5 heteroatoms. The van der Waals surface area contributed by atoms with Gasteiger partial charge in [0.25, 0.3) is 0 Å². The third-order valence-corrected chi connectivity index (χ3v) is 9.26. The molecule has 7 aromatic carbocycles. The zero-order chi connectivity index (χ0) is 31.6. The topological polar surface area (TPSA) is 52.8 Å². The van der Waals surface area contributed by atoms with E-state index < -0.39 is 0 Å². The number of ether oxygens (including phenoxy) is 1. The second-order valence-electron chi connectivity index (χ2n) is 12.0. The van der Waals surface area contributed by atoms with Gasteiger partial charge in [-0.1, -0.05) is 133 Å². The molecule has 10 rings (SSSR count). The summed E-state index contributed by atoms with van der Waals surface area (Å²) in [5.41, 5.74) is 8.24. The summed E-state index contributed by atoms with van der Waals surface area (Å²) in [5, 5.41) is 4.60. The molecular weight excluding hydrogens is 589 g/mol. The highest BCUT2D eigenvalue weighted by Crippen LogP contribution is 2.49. The van der Waals surface area contributed by atoms with Crippen molar-refractivity contribution in [2.45, 2.75) is 0 Å². The Labute approximate surface area is 276 Å². The molecule has 9 aromatic rings. The molecule has 1 aliphatic heterocycles. The zero-order valence-corrected chi connectivity index (χ0v) is 25.7. The predicted octanol–water partition coefficient (Wildman–Crippen LogP) is 10.9. The Hall–Kier alpha value is -6.59. The van der Waals surface area contributed by atoms with Gasteiger partial charge in [-0.25, -0.2) is 4.98 Å². The summed E-state index contributed by atoms with van der Waals surface area (Å²) >= 11 is 0. The number of nitrogens with zero attached hydrogens (tertiary/aromatic N) is 4. The average Bonchev–Trinajstić information content (AvgIpc) is 3.41. The van der Waals surface area contributed by atoms with Crippen LogP contribution in [0.15, 0.2) is 158 Å². The summed E-state index contributed by atoms with van der Waals surface area (Å²) in [7, 11) is 0. The predicted molar refractivity (Wildman–Crippen MR) is 193 cm³/mol. The summed E-state index contributed by atoms with van der Waals surface area (Å²) in [6.45, 7) is 0. The first-order valence-corrected chi connectivity index (χ1v) is 16.0. The standard InChI is InChI=1S/C43H26N4O/c1-3-14-28(15-4-1)41-44-42(29-16-5-2-6-17-29)46-43(45-41)47-36-24-23-27-13-7-8-18-30(27)40(36)35-25-34-32-20-10-9-19-31(32)33-21-11-12-22-38(33)48-39(34)26-37(35)47/h1-26H. The zero-order valence-electron chi connectivity index (χ0n) is 25.7. The van der Waals surface area contributed by atoms with Gasteiger partial charge in [0.2, 0.25) is 5.95 Å². The Kier molecular flexibility index (Phi) is 5.81. The first-order chi connectivity index (χ1) is 23.8. The molecule has 48 heavy (non-hydrogen) atoms. The minimum Gasteiger partial charge on any atom is -0.456 e. The fourth-order valence-electron chi connectivity index (χ4n) is 7.07. The van der Waals surface area contributed by atoms with E-state index in [1.54, 1.807) is 0 Å². The Bertz CT molecular complexity index is 2640. The van der Waals surface area contributed by atoms with Crippen LogP contribution >= 0.6 is 0 Å². The van der Waals surface area contributed by atoms with Crippen LogP contribution in [0.3, 0.4) is 0 Å². The minimum atomic E-state index is 0.548. The van der Waals surface area contributed by atoms with Gasteiger partial charge < -0.3 is 4.74 Å². The molecule has 0 saturated heterocycles. The first-order valence-electron chi connectivity index (χ1n) is 16.0. The van der Waals surface area contributed by atoms with Crippen LogP contribution in [0.2, 0.25) is 0 Å². The summed E-state index contributed by atoms with van der Waals surface area (Å²) in [6, 6.07) is 54.4. The van der Waals surface area contributed by atoms with Crippen LogP contribution in [0.4, 0.5) is 0 Å². The van der Waals surface area contributed by atoms with Gasteiger partial charge >= 0.3 is 0 Å². The molecule has 0 saturated carbocycles. The molecule has 0 atom stereocenters. The Morgan fingerprint density at radius 2 is 1.02 bits per heavy atom. The van der Waals surface area contributed by atoms with Crippen LogP contribution in [0.1, 0.15) is 0 Å². The maximum absolute atomic E-state index is 6.79. The number of hydrogen-bond donors (Lipinski definition) is 0. The van der Waals surface area contributed by atoms with Crippen LogP contribution in [-0.2, 0) is 0 Å². The SMILES string of the molecule is c1ccc(-c2nc(-c3ccccc3)nc(-n3c4cc5c(cc4c4c6ccccc6ccc43)-c3ccccc3-c3ccccc3O5)n2)cc1. The molecule has 5 nitrogen and oxygen atoms in total. The number of para-hydroxylation sites is 1. The second-order valence-corrected chi connectivity index (χ2v) is 12.0. The van der Waals surface area contributed by atoms with E-state index in [1.165, 1.54) is 10.8 Å². The number of benzene rings is 7. The van der Waals surface area contributed by atoms with E-state index >= 15 is 0 Å². The van der Waals surface area contributed by atoms with Gasteiger partial charge in [0.15, 0.2) is 11.6 Å². The highest BCUT2D eigenvalue weighted by atomic mass is 16.5. The quantitative estimate of drug-likeness (QED) is 0.199. The van der Waals surface area contributed by atoms with Crippen LogP contribution in [0.5, 0.6) is 11.5 Å². The van der Waals surface area contributed by atoms with E-state index in [1.807, 2.05) is 72.8 Å². The fraction of sp³-hybridized carbons (Fsp3) is 0. The van der Waals surface area contributed by atoms with Gasteiger partial charge in [-0.3, -0.25) is 4.57 Å². The third kappa shape index (κ3) is 4.08. The molecule has 0 radical (unpaired) electrons. The molecule has 0 spiro atoms. The molecule has 0 amide bonds. The lowest BCUT2D eigenvalue weighted by Gasteiger charge is -2.13. The summed E-state index contributed by atoms with van der Waals surface area (Å²) < 4.78 is 8.96. The lowest BCUT2D eigenvalue weighted by molar-refractivity contribution is 0.488. The van der Waals surface area contributed by atoms with Crippen LogP contribution in [0, 0.1) is 0 Å². The summed E-state index contributed by atoms with van der Waals surface area (Å²) in [6.07, 6.45) is 0. The lowest BCUT2D eigenvalue weighted by Crippen LogP contribution is -2.06. The van der Waals surface area contributed by atoms with Gasteiger partial charge in [-0.15, -0.1) is 0 Å². The molecule has 0 aliphatic carbocycles. The van der Waals surface area contributed by atoms with Crippen LogP contribution in [-0.4, -0.2) is 19.5 Å². The van der Waals surface area contributed by atoms with E-state index in [0.29, 0.717) is 17.6 Å². The van der Waals surface area contributed by atoms with Gasteiger partial charge in [0.05, 0.1) is 11.0 Å². The largest absolute Gasteiger partial charge is 0.456 e. The normalized spacial score (nSPS) is 11.9. The van der Waals surface area contributed by atoms with Crippen molar-refractivity contribution in [1.29, 1.82) is 0 Å². The van der Waals surface area contributed by atoms with Crippen molar-refractivity contribution < 1.29 is 4.74 Å². The van der Waals surface area contributed by atoms with Crippen molar-refractivity contribution in [2.75, 3.05) is 0 Å². The molecule has 0 fully saturated rings. The summed E-state index contributed by atoms with van der Waals surface area (Å²) in [4.78, 5) is 15.3. The maximum Gasteiger partial charge on any atom is 0.238 e. The average molecular weight is 615 g/mol. The van der Waals surface area contributed by atoms with E-state index in [4.69, 9.17) is 19.7 Å². The Morgan fingerprint density at radius 3 is 1.75 bits per heavy atom. The molecule has 0 unspecified atom stereocenters. The Balaban J connectivity index is 1.34. The number of hydrogen-bond acceptors (Lipinski definition) is 4. The van der Waals surface area contributed by atoms with Gasteiger partial charge in [0.1, 0.15) is 11.5 Å². The highest BCUT2D eigenvalue weighted by Gasteiger charge is 2.25. The van der Waals surface area contributed by atoms with Crippen molar-refractivity contribution in [3.63, 3.8) is 0 Å². The molecule has 224 valence electrons.